The molecule has 28 heavy (non-hydrogen) atoms. The predicted octanol–water partition coefficient (Wildman–Crippen LogP) is 3.14. The molecule has 0 aliphatic carbocycles. The highest BCUT2D eigenvalue weighted by atomic mass is 32.2. The number of halogens is 3. The van der Waals surface area contributed by atoms with Gasteiger partial charge in [0.05, 0.1) is 19.4 Å². The fraction of sp³-hybridized carbons (Fsp3) is 0.706. The second-order valence-corrected chi connectivity index (χ2v) is 7.84. The molecule has 1 fully saturated rings. The smallest absolute Gasteiger partial charge is 0.378 e. The van der Waals surface area contributed by atoms with Crippen LogP contribution in [0.3, 0.4) is 0 Å². The van der Waals surface area contributed by atoms with E-state index < -0.39 is 12.7 Å². The van der Waals surface area contributed by atoms with E-state index in [2.05, 4.69) is 15.3 Å². The van der Waals surface area contributed by atoms with Crippen molar-refractivity contribution < 1.29 is 17.9 Å². The minimum Gasteiger partial charge on any atom is -0.378 e. The molecule has 0 unspecified atom stereocenters. The van der Waals surface area contributed by atoms with E-state index in [4.69, 9.17) is 4.74 Å². The Morgan fingerprint density at radius 2 is 1.93 bits per heavy atom. The SMILES string of the molecule is Cc1cnn(CCCCCSc2nnc(N3CCOCC3)n2CC(F)(F)F)c1. The van der Waals surface area contributed by atoms with Crippen LogP contribution in [0.15, 0.2) is 17.6 Å². The topological polar surface area (TPSA) is 61.0 Å². The zero-order chi connectivity index (χ0) is 20.0. The number of aryl methyl sites for hydroxylation is 2. The van der Waals surface area contributed by atoms with Crippen molar-refractivity contribution >= 4 is 17.7 Å². The van der Waals surface area contributed by atoms with Crippen LogP contribution in [0.25, 0.3) is 0 Å². The van der Waals surface area contributed by atoms with Crippen LogP contribution < -0.4 is 4.90 Å². The first-order chi connectivity index (χ1) is 13.4. The van der Waals surface area contributed by atoms with Gasteiger partial charge in [0.15, 0.2) is 5.16 Å². The molecule has 0 N–H and O–H groups in total. The minimum absolute atomic E-state index is 0.275. The highest BCUT2D eigenvalue weighted by Crippen LogP contribution is 2.28. The summed E-state index contributed by atoms with van der Waals surface area (Å²) >= 11 is 1.33. The molecule has 11 heteroatoms. The quantitative estimate of drug-likeness (QED) is 0.461. The number of morpholine rings is 1. The van der Waals surface area contributed by atoms with E-state index in [1.807, 2.05) is 24.0 Å². The number of rotatable bonds is 9. The lowest BCUT2D eigenvalue weighted by molar-refractivity contribution is -0.141. The first kappa shape index (κ1) is 21.0. The van der Waals surface area contributed by atoms with E-state index in [0.717, 1.165) is 31.4 Å². The van der Waals surface area contributed by atoms with Crippen LogP contribution in [0.1, 0.15) is 24.8 Å². The molecule has 2 aromatic heterocycles. The monoisotopic (exact) mass is 418 g/mol. The zero-order valence-corrected chi connectivity index (χ0v) is 16.7. The summed E-state index contributed by atoms with van der Waals surface area (Å²) in [6, 6.07) is 0. The van der Waals surface area contributed by atoms with Gasteiger partial charge < -0.3 is 9.64 Å². The number of alkyl halides is 3. The summed E-state index contributed by atoms with van der Waals surface area (Å²) in [5, 5.41) is 12.6. The van der Waals surface area contributed by atoms with Crippen LogP contribution in [0, 0.1) is 6.92 Å². The van der Waals surface area contributed by atoms with Crippen molar-refractivity contribution in [2.45, 2.75) is 50.6 Å². The minimum atomic E-state index is -4.32. The molecule has 3 heterocycles. The molecule has 2 aromatic rings. The van der Waals surface area contributed by atoms with Crippen LogP contribution in [0.4, 0.5) is 19.1 Å². The fourth-order valence-corrected chi connectivity index (χ4v) is 3.94. The standard InChI is InChI=1S/C17H25F3N6OS/c1-14-11-21-25(12-14)5-3-2-4-10-28-16-23-22-15(24-6-8-27-9-7-24)26(16)13-17(18,19)20/h11-12H,2-10,13H2,1H3. The Morgan fingerprint density at radius 1 is 1.14 bits per heavy atom. The highest BCUT2D eigenvalue weighted by Gasteiger charge is 2.32. The largest absolute Gasteiger partial charge is 0.406 e. The summed E-state index contributed by atoms with van der Waals surface area (Å²) < 4.78 is 47.6. The van der Waals surface area contributed by atoms with E-state index in [-0.39, 0.29) is 5.95 Å². The Morgan fingerprint density at radius 3 is 2.61 bits per heavy atom. The normalized spacial score (nSPS) is 15.4. The summed E-state index contributed by atoms with van der Waals surface area (Å²) in [5.41, 5.74) is 1.13. The summed E-state index contributed by atoms with van der Waals surface area (Å²) in [6.45, 7) is 3.79. The van der Waals surface area contributed by atoms with Gasteiger partial charge in [0.25, 0.3) is 0 Å². The molecule has 1 aliphatic rings. The lowest BCUT2D eigenvalue weighted by Crippen LogP contribution is -2.38. The van der Waals surface area contributed by atoms with E-state index in [0.29, 0.717) is 37.2 Å². The van der Waals surface area contributed by atoms with E-state index in [1.165, 1.54) is 16.3 Å². The molecule has 1 aliphatic heterocycles. The second-order valence-electron chi connectivity index (χ2n) is 6.77. The maximum absolute atomic E-state index is 13.1. The van der Waals surface area contributed by atoms with Crippen LogP contribution in [-0.4, -0.2) is 62.8 Å². The van der Waals surface area contributed by atoms with Gasteiger partial charge in [-0.3, -0.25) is 9.25 Å². The number of hydrogen-bond donors (Lipinski definition) is 0. The first-order valence-electron chi connectivity index (χ1n) is 9.37. The van der Waals surface area contributed by atoms with Gasteiger partial charge in [-0.1, -0.05) is 18.2 Å². The fourth-order valence-electron chi connectivity index (χ4n) is 3.01. The van der Waals surface area contributed by atoms with Crippen molar-refractivity contribution in [3.63, 3.8) is 0 Å². The third kappa shape index (κ3) is 6.13. The van der Waals surface area contributed by atoms with Crippen molar-refractivity contribution in [3.8, 4) is 0 Å². The molecule has 7 nitrogen and oxygen atoms in total. The van der Waals surface area contributed by atoms with Crippen molar-refractivity contribution in [2.24, 2.45) is 0 Å². The van der Waals surface area contributed by atoms with Crippen LogP contribution in [0.5, 0.6) is 0 Å². The van der Waals surface area contributed by atoms with Crippen molar-refractivity contribution in [2.75, 3.05) is 37.0 Å². The van der Waals surface area contributed by atoms with Gasteiger partial charge in [0.2, 0.25) is 5.95 Å². The van der Waals surface area contributed by atoms with Crippen molar-refractivity contribution in [3.05, 3.63) is 18.0 Å². The molecule has 0 radical (unpaired) electrons. The second kappa shape index (κ2) is 9.64. The van der Waals surface area contributed by atoms with Gasteiger partial charge in [0, 0.05) is 31.6 Å². The molecule has 0 saturated carbocycles. The highest BCUT2D eigenvalue weighted by molar-refractivity contribution is 7.99. The number of unbranched alkanes of at least 4 members (excludes halogenated alkanes) is 2. The average molecular weight is 418 g/mol. The average Bonchev–Trinajstić information content (AvgIpc) is 3.24. The summed E-state index contributed by atoms with van der Waals surface area (Å²) in [4.78, 5) is 1.80. The number of ether oxygens (including phenoxy) is 1. The Balaban J connectivity index is 1.51. The van der Waals surface area contributed by atoms with Crippen molar-refractivity contribution in [1.29, 1.82) is 0 Å². The van der Waals surface area contributed by atoms with Gasteiger partial charge in [0.1, 0.15) is 6.54 Å². The Kier molecular flexibility index (Phi) is 7.22. The predicted molar refractivity (Wildman–Crippen MR) is 101 cm³/mol. The van der Waals surface area contributed by atoms with Crippen molar-refractivity contribution in [1.82, 2.24) is 24.5 Å². The number of aromatic nitrogens is 5. The van der Waals surface area contributed by atoms with Gasteiger partial charge in [-0.25, -0.2) is 0 Å². The van der Waals surface area contributed by atoms with E-state index in [9.17, 15) is 13.2 Å². The lowest BCUT2D eigenvalue weighted by Gasteiger charge is -2.28. The number of thioether (sulfide) groups is 1. The van der Waals surface area contributed by atoms with E-state index in [1.54, 1.807) is 4.90 Å². The third-order valence-electron chi connectivity index (χ3n) is 4.35. The Labute approximate surface area is 166 Å². The molecular formula is C17H25F3N6OS. The molecule has 0 amide bonds. The number of nitrogens with zero attached hydrogens (tertiary/aromatic N) is 6. The maximum atomic E-state index is 13.1. The van der Waals surface area contributed by atoms with E-state index >= 15 is 0 Å². The van der Waals surface area contributed by atoms with Gasteiger partial charge >= 0.3 is 6.18 Å². The first-order valence-corrected chi connectivity index (χ1v) is 10.4. The Hall–Kier alpha value is -1.75. The zero-order valence-electron chi connectivity index (χ0n) is 15.9. The number of hydrogen-bond acceptors (Lipinski definition) is 6. The molecule has 0 spiro atoms. The molecule has 0 aromatic carbocycles. The number of anilines is 1. The maximum Gasteiger partial charge on any atom is 0.406 e. The van der Waals surface area contributed by atoms with Crippen LogP contribution >= 0.6 is 11.8 Å². The molecule has 3 rings (SSSR count). The lowest BCUT2D eigenvalue weighted by atomic mass is 10.2. The van der Waals surface area contributed by atoms with Crippen LogP contribution in [-0.2, 0) is 17.8 Å². The molecule has 1 saturated heterocycles. The molecule has 0 atom stereocenters. The van der Waals surface area contributed by atoms with Crippen LogP contribution in [0.2, 0.25) is 0 Å². The molecule has 156 valence electrons. The Bertz CT molecular complexity index is 742. The molecular weight excluding hydrogens is 393 g/mol. The summed E-state index contributed by atoms with van der Waals surface area (Å²) in [6.07, 6.45) is 2.37. The third-order valence-corrected chi connectivity index (χ3v) is 5.41. The summed E-state index contributed by atoms with van der Waals surface area (Å²) in [7, 11) is 0. The van der Waals surface area contributed by atoms with Gasteiger partial charge in [-0.05, 0) is 25.3 Å². The van der Waals surface area contributed by atoms with Gasteiger partial charge in [-0.15, -0.1) is 10.2 Å². The molecule has 0 bridgehead atoms. The summed E-state index contributed by atoms with van der Waals surface area (Å²) in [5.74, 6) is 0.981. The van der Waals surface area contributed by atoms with Gasteiger partial charge in [-0.2, -0.15) is 18.3 Å².